The number of hydrogen-bond donors (Lipinski definition) is 2. The van der Waals surface area contributed by atoms with Crippen molar-refractivity contribution >= 4 is 23.2 Å². The Kier molecular flexibility index (Phi) is 5.30. The topological polar surface area (TPSA) is 105 Å². The van der Waals surface area contributed by atoms with Crippen LogP contribution in [0.15, 0.2) is 42.5 Å². The lowest BCUT2D eigenvalue weighted by molar-refractivity contribution is -0.384. The minimum atomic E-state index is -0.824. The minimum Gasteiger partial charge on any atom is -0.371 e. The first-order valence-corrected chi connectivity index (χ1v) is 8.36. The number of non-ortho nitro benzene ring substituents is 1. The smallest absolute Gasteiger partial charge is 0.272 e. The molecule has 1 fully saturated rings. The number of anilines is 1. The highest BCUT2D eigenvalue weighted by Gasteiger charge is 2.23. The van der Waals surface area contributed by atoms with E-state index < -0.39 is 22.6 Å². The number of hydrogen-bond acceptors (Lipinski definition) is 5. The van der Waals surface area contributed by atoms with E-state index in [0.717, 1.165) is 38.1 Å². The Balaban J connectivity index is 1.80. The highest BCUT2D eigenvalue weighted by molar-refractivity contribution is 6.02. The van der Waals surface area contributed by atoms with E-state index >= 15 is 0 Å². The summed E-state index contributed by atoms with van der Waals surface area (Å²) in [5.41, 5.74) is 4.50. The molecule has 0 radical (unpaired) electrons. The third-order valence-corrected chi connectivity index (χ3v) is 4.29. The second-order valence-electron chi connectivity index (χ2n) is 6.04. The van der Waals surface area contributed by atoms with E-state index in [1.165, 1.54) is 30.3 Å². The van der Waals surface area contributed by atoms with Crippen molar-refractivity contribution < 1.29 is 18.9 Å². The molecule has 0 aliphatic carbocycles. The van der Waals surface area contributed by atoms with Gasteiger partial charge in [0.15, 0.2) is 0 Å². The van der Waals surface area contributed by atoms with Crippen LogP contribution >= 0.6 is 0 Å². The molecule has 1 saturated heterocycles. The van der Waals surface area contributed by atoms with Gasteiger partial charge >= 0.3 is 0 Å². The van der Waals surface area contributed by atoms with Gasteiger partial charge in [0, 0.05) is 25.2 Å². The van der Waals surface area contributed by atoms with Gasteiger partial charge in [0.25, 0.3) is 17.5 Å². The first kappa shape index (κ1) is 18.3. The SMILES string of the molecule is O=C(NNC(=O)c1cc([N+](=O)[O-])ccc1N1CCCC1)c1ccccc1F. The molecule has 0 unspecified atom stereocenters. The summed E-state index contributed by atoms with van der Waals surface area (Å²) >= 11 is 0. The van der Waals surface area contributed by atoms with Crippen molar-refractivity contribution in [3.05, 3.63) is 69.5 Å². The lowest BCUT2D eigenvalue weighted by atomic mass is 10.1. The monoisotopic (exact) mass is 372 g/mol. The summed E-state index contributed by atoms with van der Waals surface area (Å²) in [6, 6.07) is 9.36. The number of nitro groups is 1. The van der Waals surface area contributed by atoms with E-state index in [2.05, 4.69) is 10.9 Å². The summed E-state index contributed by atoms with van der Waals surface area (Å²) in [6.07, 6.45) is 1.92. The molecule has 9 heteroatoms. The fraction of sp³-hybridized carbons (Fsp3) is 0.222. The Morgan fingerprint density at radius 3 is 2.26 bits per heavy atom. The third kappa shape index (κ3) is 4.02. The normalized spacial score (nSPS) is 13.3. The molecule has 3 rings (SSSR count). The van der Waals surface area contributed by atoms with Gasteiger partial charge in [-0.1, -0.05) is 12.1 Å². The maximum Gasteiger partial charge on any atom is 0.272 e. The van der Waals surface area contributed by atoms with Crippen molar-refractivity contribution in [1.82, 2.24) is 10.9 Å². The van der Waals surface area contributed by atoms with E-state index in [0.29, 0.717) is 5.69 Å². The first-order chi connectivity index (χ1) is 13.0. The van der Waals surface area contributed by atoms with Gasteiger partial charge in [0.05, 0.1) is 21.7 Å². The van der Waals surface area contributed by atoms with Gasteiger partial charge in [-0.15, -0.1) is 0 Å². The quantitative estimate of drug-likeness (QED) is 0.633. The summed E-state index contributed by atoms with van der Waals surface area (Å²) in [4.78, 5) is 37.0. The molecule has 2 aromatic rings. The average molecular weight is 372 g/mol. The van der Waals surface area contributed by atoms with E-state index in [4.69, 9.17) is 0 Å². The highest BCUT2D eigenvalue weighted by Crippen LogP contribution is 2.28. The van der Waals surface area contributed by atoms with Gasteiger partial charge in [-0.3, -0.25) is 30.6 Å². The zero-order chi connectivity index (χ0) is 19.4. The predicted molar refractivity (Wildman–Crippen MR) is 95.9 cm³/mol. The van der Waals surface area contributed by atoms with E-state index in [9.17, 15) is 24.1 Å². The molecule has 0 atom stereocenters. The Bertz CT molecular complexity index is 897. The van der Waals surface area contributed by atoms with Crippen molar-refractivity contribution in [2.75, 3.05) is 18.0 Å². The maximum atomic E-state index is 13.6. The Hall–Kier alpha value is -3.49. The third-order valence-electron chi connectivity index (χ3n) is 4.29. The fourth-order valence-corrected chi connectivity index (χ4v) is 2.95. The molecular formula is C18H17FN4O4. The largest absolute Gasteiger partial charge is 0.371 e. The van der Waals surface area contributed by atoms with E-state index in [-0.39, 0.29) is 16.8 Å². The van der Waals surface area contributed by atoms with Gasteiger partial charge in [0.2, 0.25) is 0 Å². The average Bonchev–Trinajstić information content (AvgIpc) is 3.20. The predicted octanol–water partition coefficient (Wildman–Crippen LogP) is 2.41. The van der Waals surface area contributed by atoms with Crippen LogP contribution < -0.4 is 15.8 Å². The number of nitrogens with zero attached hydrogens (tertiary/aromatic N) is 2. The first-order valence-electron chi connectivity index (χ1n) is 8.36. The number of halogens is 1. The van der Waals surface area contributed by atoms with Crippen LogP contribution in [0.1, 0.15) is 33.6 Å². The number of carbonyl (C=O) groups is 2. The second-order valence-corrected chi connectivity index (χ2v) is 6.04. The van der Waals surface area contributed by atoms with Crippen molar-refractivity contribution in [3.8, 4) is 0 Å². The van der Waals surface area contributed by atoms with Gasteiger partial charge in [0.1, 0.15) is 5.82 Å². The molecule has 1 aliphatic rings. The summed E-state index contributed by atoms with van der Waals surface area (Å²) in [5, 5.41) is 11.0. The molecule has 0 spiro atoms. The lowest BCUT2D eigenvalue weighted by Gasteiger charge is -2.21. The van der Waals surface area contributed by atoms with E-state index in [1.807, 2.05) is 4.90 Å². The van der Waals surface area contributed by atoms with Gasteiger partial charge in [-0.2, -0.15) is 0 Å². The number of benzene rings is 2. The summed E-state index contributed by atoms with van der Waals surface area (Å²) in [5.74, 6) is -2.27. The second kappa shape index (κ2) is 7.81. The zero-order valence-electron chi connectivity index (χ0n) is 14.3. The Morgan fingerprint density at radius 2 is 1.63 bits per heavy atom. The van der Waals surface area contributed by atoms with Crippen LogP contribution in [0, 0.1) is 15.9 Å². The Labute approximate surface area is 154 Å². The number of nitro benzene ring substituents is 1. The van der Waals surface area contributed by atoms with Crippen LogP contribution in [0.3, 0.4) is 0 Å². The molecule has 0 saturated carbocycles. The standard InChI is InChI=1S/C18H17FN4O4/c19-15-6-2-1-5-13(15)17(24)20-21-18(25)14-11-12(23(26)27)7-8-16(14)22-9-3-4-10-22/h1-2,5-8,11H,3-4,9-10H2,(H,20,24)(H,21,25). The number of nitrogens with one attached hydrogen (secondary N) is 2. The van der Waals surface area contributed by atoms with Crippen LogP contribution in [0.4, 0.5) is 15.8 Å². The molecule has 27 heavy (non-hydrogen) atoms. The molecule has 2 aromatic carbocycles. The molecule has 1 heterocycles. The Morgan fingerprint density at radius 1 is 1.00 bits per heavy atom. The molecule has 8 nitrogen and oxygen atoms in total. The lowest BCUT2D eigenvalue weighted by Crippen LogP contribution is -2.42. The van der Waals surface area contributed by atoms with Crippen LogP contribution in [0.2, 0.25) is 0 Å². The van der Waals surface area contributed by atoms with Crippen LogP contribution in [-0.4, -0.2) is 29.8 Å². The van der Waals surface area contributed by atoms with Gasteiger partial charge < -0.3 is 4.90 Å². The van der Waals surface area contributed by atoms with Gasteiger partial charge in [-0.05, 0) is 31.0 Å². The summed E-state index contributed by atoms with van der Waals surface area (Å²) < 4.78 is 13.6. The van der Waals surface area contributed by atoms with Gasteiger partial charge in [-0.25, -0.2) is 4.39 Å². The molecule has 2 N–H and O–H groups in total. The van der Waals surface area contributed by atoms with Crippen molar-refractivity contribution in [1.29, 1.82) is 0 Å². The summed E-state index contributed by atoms with van der Waals surface area (Å²) in [7, 11) is 0. The van der Waals surface area contributed by atoms with Crippen LogP contribution in [-0.2, 0) is 0 Å². The minimum absolute atomic E-state index is 0.0694. The molecule has 0 bridgehead atoms. The molecular weight excluding hydrogens is 355 g/mol. The number of hydrazine groups is 1. The molecule has 2 amide bonds. The number of carbonyl (C=O) groups excluding carboxylic acids is 2. The van der Waals surface area contributed by atoms with Crippen molar-refractivity contribution in [2.45, 2.75) is 12.8 Å². The number of amides is 2. The van der Waals surface area contributed by atoms with Crippen molar-refractivity contribution in [2.24, 2.45) is 0 Å². The highest BCUT2D eigenvalue weighted by atomic mass is 19.1. The molecule has 0 aromatic heterocycles. The van der Waals surface area contributed by atoms with Crippen LogP contribution in [0.25, 0.3) is 0 Å². The van der Waals surface area contributed by atoms with Crippen molar-refractivity contribution in [3.63, 3.8) is 0 Å². The fourth-order valence-electron chi connectivity index (χ4n) is 2.95. The summed E-state index contributed by atoms with van der Waals surface area (Å²) in [6.45, 7) is 1.47. The van der Waals surface area contributed by atoms with Crippen LogP contribution in [0.5, 0.6) is 0 Å². The number of rotatable bonds is 4. The van der Waals surface area contributed by atoms with E-state index in [1.54, 1.807) is 0 Å². The molecule has 1 aliphatic heterocycles. The maximum absolute atomic E-state index is 13.6. The molecule has 140 valence electrons. The zero-order valence-corrected chi connectivity index (χ0v) is 14.3.